The third-order valence-electron chi connectivity index (χ3n) is 8.06. The van der Waals surface area contributed by atoms with Crippen LogP contribution in [0.2, 0.25) is 0 Å². The van der Waals surface area contributed by atoms with Crippen LogP contribution in [0.25, 0.3) is 0 Å². The SMILES string of the molecule is CC(C)c1cccc(C(C)C)c1NC(=O)CN1C(=O)C2(CCCCC2)[N+](C)(C2CC2)C1=O. The summed E-state index contributed by atoms with van der Waals surface area (Å²) in [5.41, 5.74) is 2.31. The molecule has 0 radical (unpaired) electrons. The van der Waals surface area contributed by atoms with Gasteiger partial charge in [-0.3, -0.25) is 9.59 Å². The lowest BCUT2D eigenvalue weighted by atomic mass is 9.79. The fourth-order valence-electron chi connectivity index (χ4n) is 6.04. The van der Waals surface area contributed by atoms with Crippen LogP contribution in [0.5, 0.6) is 0 Å². The molecule has 1 heterocycles. The number of amides is 4. The van der Waals surface area contributed by atoms with Gasteiger partial charge in [-0.2, -0.15) is 0 Å². The van der Waals surface area contributed by atoms with Crippen molar-refractivity contribution in [1.29, 1.82) is 0 Å². The van der Waals surface area contributed by atoms with Crippen LogP contribution < -0.4 is 5.32 Å². The minimum absolute atomic E-state index is 0.132. The molecule has 6 nitrogen and oxygen atoms in total. The third kappa shape index (κ3) is 3.47. The summed E-state index contributed by atoms with van der Waals surface area (Å²) in [6.45, 7) is 8.22. The van der Waals surface area contributed by atoms with E-state index in [2.05, 4.69) is 33.0 Å². The van der Waals surface area contributed by atoms with Crippen molar-refractivity contribution in [2.45, 2.75) is 96.1 Å². The van der Waals surface area contributed by atoms with E-state index >= 15 is 0 Å². The molecule has 4 amide bonds. The maximum absolute atomic E-state index is 13.7. The first kappa shape index (κ1) is 23.0. The Balaban J connectivity index is 1.61. The van der Waals surface area contributed by atoms with Crippen LogP contribution in [0.3, 0.4) is 0 Å². The predicted octanol–water partition coefficient (Wildman–Crippen LogP) is 5.15. The molecule has 1 N–H and O–H groups in total. The Bertz CT molecular complexity index is 902. The zero-order valence-corrected chi connectivity index (χ0v) is 20.2. The summed E-state index contributed by atoms with van der Waals surface area (Å²) in [6, 6.07) is 6.13. The number of carbonyl (C=O) groups excluding carboxylic acids is 3. The molecular weight excluding hydrogens is 402 g/mol. The molecule has 1 aliphatic heterocycles. The minimum atomic E-state index is -0.671. The van der Waals surface area contributed by atoms with E-state index in [4.69, 9.17) is 0 Å². The third-order valence-corrected chi connectivity index (χ3v) is 8.06. The first-order chi connectivity index (χ1) is 15.1. The van der Waals surface area contributed by atoms with Gasteiger partial charge in [-0.25, -0.2) is 14.2 Å². The molecule has 0 aromatic heterocycles. The molecule has 174 valence electrons. The lowest BCUT2D eigenvalue weighted by Gasteiger charge is -2.43. The number of quaternary nitrogens is 1. The van der Waals surface area contributed by atoms with Crippen molar-refractivity contribution in [1.82, 2.24) is 4.90 Å². The monoisotopic (exact) mass is 440 g/mol. The second-order valence-electron chi connectivity index (χ2n) is 10.7. The normalized spacial score (nSPS) is 25.3. The van der Waals surface area contributed by atoms with Crippen LogP contribution in [-0.4, -0.2) is 52.4 Å². The molecule has 3 aliphatic rings. The maximum Gasteiger partial charge on any atom is 0.427 e. The highest BCUT2D eigenvalue weighted by atomic mass is 16.2. The van der Waals surface area contributed by atoms with Crippen LogP contribution in [0, 0.1) is 0 Å². The molecule has 1 aromatic rings. The van der Waals surface area contributed by atoms with E-state index in [0.29, 0.717) is 0 Å². The summed E-state index contributed by atoms with van der Waals surface area (Å²) in [4.78, 5) is 41.8. The van der Waals surface area contributed by atoms with Crippen molar-refractivity contribution in [3.05, 3.63) is 29.3 Å². The van der Waals surface area contributed by atoms with Crippen LogP contribution >= 0.6 is 0 Å². The Morgan fingerprint density at radius 1 is 1.06 bits per heavy atom. The van der Waals surface area contributed by atoms with E-state index in [-0.39, 0.29) is 46.8 Å². The Hall–Kier alpha value is -2.21. The van der Waals surface area contributed by atoms with Gasteiger partial charge in [0, 0.05) is 31.4 Å². The Labute approximate surface area is 191 Å². The molecule has 32 heavy (non-hydrogen) atoms. The number of hydrogen-bond acceptors (Lipinski definition) is 3. The average molecular weight is 441 g/mol. The summed E-state index contributed by atoms with van der Waals surface area (Å²) in [5.74, 6) is 0.0728. The average Bonchev–Trinajstić information content (AvgIpc) is 3.60. The number of carbonyl (C=O) groups is 3. The summed E-state index contributed by atoms with van der Waals surface area (Å²) >= 11 is 0. The van der Waals surface area contributed by atoms with E-state index in [1.165, 1.54) is 4.90 Å². The molecule has 3 fully saturated rings. The minimum Gasteiger partial charge on any atom is -0.324 e. The molecule has 4 rings (SSSR count). The smallest absolute Gasteiger partial charge is 0.324 e. The number of benzene rings is 1. The van der Waals surface area contributed by atoms with Crippen molar-refractivity contribution in [2.24, 2.45) is 0 Å². The van der Waals surface area contributed by atoms with Gasteiger partial charge < -0.3 is 5.32 Å². The lowest BCUT2D eigenvalue weighted by molar-refractivity contribution is -0.881. The fraction of sp³-hybridized carbons (Fsp3) is 0.654. The van der Waals surface area contributed by atoms with Gasteiger partial charge >= 0.3 is 6.03 Å². The van der Waals surface area contributed by atoms with E-state index in [9.17, 15) is 14.4 Å². The maximum atomic E-state index is 13.7. The number of likely N-dealkylation sites (N-methyl/N-ethyl adjacent to an activating group) is 1. The summed E-state index contributed by atoms with van der Waals surface area (Å²) < 4.78 is 0.180. The second-order valence-corrected chi connectivity index (χ2v) is 10.7. The summed E-state index contributed by atoms with van der Waals surface area (Å²) in [5, 5.41) is 3.08. The highest BCUT2D eigenvalue weighted by molar-refractivity contribution is 6.07. The van der Waals surface area contributed by atoms with Gasteiger partial charge in [0.15, 0.2) is 5.54 Å². The predicted molar refractivity (Wildman–Crippen MR) is 125 cm³/mol. The molecule has 1 spiro atoms. The highest BCUT2D eigenvalue weighted by Gasteiger charge is 2.72. The molecule has 6 heteroatoms. The molecule has 1 atom stereocenters. The quantitative estimate of drug-likeness (QED) is 0.492. The van der Waals surface area contributed by atoms with Crippen molar-refractivity contribution in [3.8, 4) is 0 Å². The molecule has 2 saturated carbocycles. The number of urea groups is 1. The number of nitrogens with zero attached hydrogens (tertiary/aromatic N) is 2. The van der Waals surface area contributed by atoms with Gasteiger partial charge in [0.2, 0.25) is 5.91 Å². The first-order valence-corrected chi connectivity index (χ1v) is 12.3. The van der Waals surface area contributed by atoms with Crippen molar-refractivity contribution >= 4 is 23.5 Å². The first-order valence-electron chi connectivity index (χ1n) is 12.3. The molecule has 0 bridgehead atoms. The fourth-order valence-corrected chi connectivity index (χ4v) is 6.04. The van der Waals surface area contributed by atoms with Gasteiger partial charge in [-0.15, -0.1) is 0 Å². The zero-order chi connectivity index (χ0) is 23.3. The summed E-state index contributed by atoms with van der Waals surface area (Å²) in [7, 11) is 1.95. The number of imide groups is 1. The van der Waals surface area contributed by atoms with E-state index < -0.39 is 5.54 Å². The van der Waals surface area contributed by atoms with Gasteiger partial charge in [0.05, 0.1) is 13.1 Å². The number of rotatable bonds is 6. The van der Waals surface area contributed by atoms with Gasteiger partial charge in [0.1, 0.15) is 6.54 Å². The molecular formula is C26H38N3O3+. The Kier molecular flexibility index (Phi) is 5.95. The number of anilines is 1. The van der Waals surface area contributed by atoms with E-state index in [1.54, 1.807) is 0 Å². The number of hydrogen-bond donors (Lipinski definition) is 1. The van der Waals surface area contributed by atoms with Crippen LogP contribution in [0.15, 0.2) is 18.2 Å². The number of para-hydroxylation sites is 1. The van der Waals surface area contributed by atoms with E-state index in [1.807, 2.05) is 25.2 Å². The van der Waals surface area contributed by atoms with Gasteiger partial charge in [0.25, 0.3) is 5.91 Å². The molecule has 1 aromatic carbocycles. The van der Waals surface area contributed by atoms with Crippen LogP contribution in [-0.2, 0) is 9.59 Å². The topological polar surface area (TPSA) is 66.5 Å². The second kappa shape index (κ2) is 8.29. The largest absolute Gasteiger partial charge is 0.427 e. The molecule has 1 saturated heterocycles. The van der Waals surface area contributed by atoms with E-state index in [0.717, 1.165) is 61.8 Å². The van der Waals surface area contributed by atoms with Gasteiger partial charge in [-0.1, -0.05) is 52.3 Å². The van der Waals surface area contributed by atoms with Crippen LogP contribution in [0.4, 0.5) is 10.5 Å². The number of nitrogens with one attached hydrogen (secondary N) is 1. The van der Waals surface area contributed by atoms with Crippen molar-refractivity contribution in [3.63, 3.8) is 0 Å². The zero-order valence-electron chi connectivity index (χ0n) is 20.2. The van der Waals surface area contributed by atoms with Crippen molar-refractivity contribution in [2.75, 3.05) is 18.9 Å². The lowest BCUT2D eigenvalue weighted by Crippen LogP contribution is -2.64. The Morgan fingerprint density at radius 3 is 2.12 bits per heavy atom. The highest BCUT2D eigenvalue weighted by Crippen LogP contribution is 2.51. The van der Waals surface area contributed by atoms with Crippen LogP contribution in [0.1, 0.15) is 95.6 Å². The summed E-state index contributed by atoms with van der Waals surface area (Å²) in [6.07, 6.45) is 6.51. The van der Waals surface area contributed by atoms with Gasteiger partial charge in [-0.05, 0) is 35.8 Å². The molecule has 2 aliphatic carbocycles. The van der Waals surface area contributed by atoms with Crippen molar-refractivity contribution < 1.29 is 18.9 Å². The standard InChI is InChI=1S/C26H37N3O3/c1-17(2)20-10-9-11-21(18(3)4)23(20)27-22(30)16-28-24(31)26(14-7-6-8-15-26)29(5,25(28)32)19-12-13-19/h9-11,17-19H,6-8,12-16H2,1-5H3/p+1. The molecule has 1 unspecified atom stereocenters. The Morgan fingerprint density at radius 2 is 1.62 bits per heavy atom.